The Morgan fingerprint density at radius 3 is 2.34 bits per heavy atom. The van der Waals surface area contributed by atoms with E-state index in [0.29, 0.717) is 23.3 Å². The van der Waals surface area contributed by atoms with Crippen LogP contribution in [0.5, 0.6) is 11.5 Å². The number of amides is 1. The van der Waals surface area contributed by atoms with Crippen molar-refractivity contribution in [3.05, 3.63) is 101 Å². The second-order valence-corrected chi connectivity index (χ2v) is 9.22. The summed E-state index contributed by atoms with van der Waals surface area (Å²) in [5, 5.41) is 3.48. The average Bonchev–Trinajstić information content (AvgIpc) is 3.15. The van der Waals surface area contributed by atoms with Gasteiger partial charge < -0.3 is 14.8 Å². The molecule has 1 N–H and O–H groups in total. The van der Waals surface area contributed by atoms with Crippen LogP contribution in [0.1, 0.15) is 55.0 Å². The van der Waals surface area contributed by atoms with E-state index in [9.17, 15) is 4.79 Å². The van der Waals surface area contributed by atoms with Gasteiger partial charge in [-0.15, -0.1) is 0 Å². The van der Waals surface area contributed by atoms with Gasteiger partial charge in [0.2, 0.25) is 0 Å². The summed E-state index contributed by atoms with van der Waals surface area (Å²) in [5.74, 6) is 1.85. The van der Waals surface area contributed by atoms with Crippen molar-refractivity contribution in [3.63, 3.8) is 0 Å². The third-order valence-corrected chi connectivity index (χ3v) is 6.43. The topological polar surface area (TPSA) is 50.8 Å². The smallest absolute Gasteiger partial charge is 0.277 e. The number of nitrogens with one attached hydrogen (secondary N) is 1. The van der Waals surface area contributed by atoms with Crippen LogP contribution >= 0.6 is 12.2 Å². The van der Waals surface area contributed by atoms with Crippen molar-refractivity contribution in [2.75, 3.05) is 7.11 Å². The summed E-state index contributed by atoms with van der Waals surface area (Å²) in [6.07, 6.45) is 1.81. The van der Waals surface area contributed by atoms with Gasteiger partial charge in [-0.3, -0.25) is 9.69 Å². The molecular formula is C29H30N2O3S. The lowest BCUT2D eigenvalue weighted by atomic mass is 10.0. The standard InChI is InChI=1S/C29H30N2O3S/c1-19(2)22-11-13-25(14-12-22)34-18-24-16-21(10-15-27(24)33-4)17-26-28(32)31(29(35)30-26)20(3)23-8-6-5-7-9-23/h5-17,19-20H,18H2,1-4H3,(H,30,35)/b26-17-. The summed E-state index contributed by atoms with van der Waals surface area (Å²) in [6, 6.07) is 23.6. The van der Waals surface area contributed by atoms with Crippen LogP contribution < -0.4 is 14.8 Å². The van der Waals surface area contributed by atoms with Crippen LogP contribution in [0.3, 0.4) is 0 Å². The number of benzene rings is 3. The fourth-order valence-corrected chi connectivity index (χ4v) is 4.41. The van der Waals surface area contributed by atoms with E-state index >= 15 is 0 Å². The zero-order valence-corrected chi connectivity index (χ0v) is 21.3. The minimum Gasteiger partial charge on any atom is -0.496 e. The van der Waals surface area contributed by atoms with Crippen LogP contribution in [0, 0.1) is 0 Å². The molecule has 0 aliphatic carbocycles. The van der Waals surface area contributed by atoms with E-state index in [4.69, 9.17) is 21.7 Å². The molecule has 5 nitrogen and oxygen atoms in total. The lowest BCUT2D eigenvalue weighted by molar-refractivity contribution is -0.123. The molecule has 1 atom stereocenters. The molecule has 1 fully saturated rings. The van der Waals surface area contributed by atoms with Gasteiger partial charge in [-0.25, -0.2) is 0 Å². The number of nitrogens with zero attached hydrogens (tertiary/aromatic N) is 1. The molecule has 180 valence electrons. The quantitative estimate of drug-likeness (QED) is 0.303. The van der Waals surface area contributed by atoms with Crippen molar-refractivity contribution in [3.8, 4) is 11.5 Å². The van der Waals surface area contributed by atoms with E-state index < -0.39 is 0 Å². The Labute approximate surface area is 212 Å². The van der Waals surface area contributed by atoms with Gasteiger partial charge in [0.1, 0.15) is 23.8 Å². The number of carbonyl (C=O) groups is 1. The molecule has 1 aliphatic rings. The highest BCUT2D eigenvalue weighted by molar-refractivity contribution is 7.80. The zero-order valence-electron chi connectivity index (χ0n) is 20.4. The third kappa shape index (κ3) is 5.54. The first-order chi connectivity index (χ1) is 16.9. The first-order valence-corrected chi connectivity index (χ1v) is 12.1. The highest BCUT2D eigenvalue weighted by Gasteiger charge is 2.34. The molecule has 0 aromatic heterocycles. The van der Waals surface area contributed by atoms with Gasteiger partial charge in [0, 0.05) is 5.56 Å². The summed E-state index contributed by atoms with van der Waals surface area (Å²) in [5.41, 5.74) is 4.48. The first kappa shape index (κ1) is 24.5. The van der Waals surface area contributed by atoms with Gasteiger partial charge in [-0.05, 0) is 72.1 Å². The summed E-state index contributed by atoms with van der Waals surface area (Å²) >= 11 is 5.49. The Balaban J connectivity index is 1.52. The summed E-state index contributed by atoms with van der Waals surface area (Å²) in [7, 11) is 1.64. The van der Waals surface area contributed by atoms with Gasteiger partial charge in [-0.2, -0.15) is 0 Å². The largest absolute Gasteiger partial charge is 0.496 e. The van der Waals surface area contributed by atoms with Crippen LogP contribution in [-0.4, -0.2) is 23.0 Å². The van der Waals surface area contributed by atoms with Crippen molar-refractivity contribution >= 4 is 29.3 Å². The molecule has 4 rings (SSSR count). The van der Waals surface area contributed by atoms with E-state index in [0.717, 1.165) is 28.2 Å². The second kappa shape index (κ2) is 10.7. The second-order valence-electron chi connectivity index (χ2n) is 8.83. The predicted octanol–water partition coefficient (Wildman–Crippen LogP) is 6.22. The molecule has 0 saturated carbocycles. The molecule has 0 bridgehead atoms. The molecule has 35 heavy (non-hydrogen) atoms. The molecule has 0 spiro atoms. The minimum absolute atomic E-state index is 0.148. The maximum absolute atomic E-state index is 13.2. The lowest BCUT2D eigenvalue weighted by Crippen LogP contribution is -2.33. The Morgan fingerprint density at radius 2 is 1.69 bits per heavy atom. The van der Waals surface area contributed by atoms with Gasteiger partial charge in [-0.1, -0.05) is 62.4 Å². The molecule has 1 heterocycles. The predicted molar refractivity (Wildman–Crippen MR) is 143 cm³/mol. The molecule has 3 aromatic carbocycles. The van der Waals surface area contributed by atoms with E-state index in [1.165, 1.54) is 5.56 Å². The highest BCUT2D eigenvalue weighted by Crippen LogP contribution is 2.28. The van der Waals surface area contributed by atoms with E-state index in [-0.39, 0.29) is 11.9 Å². The summed E-state index contributed by atoms with van der Waals surface area (Å²) in [4.78, 5) is 14.8. The Kier molecular flexibility index (Phi) is 7.51. The molecule has 1 unspecified atom stereocenters. The number of methoxy groups -OCH3 is 1. The summed E-state index contributed by atoms with van der Waals surface area (Å²) < 4.78 is 11.6. The van der Waals surface area contributed by atoms with Gasteiger partial charge in [0.05, 0.1) is 13.2 Å². The lowest BCUT2D eigenvalue weighted by Gasteiger charge is -2.23. The number of ether oxygens (including phenoxy) is 2. The van der Waals surface area contributed by atoms with Crippen LogP contribution in [-0.2, 0) is 11.4 Å². The first-order valence-electron chi connectivity index (χ1n) is 11.7. The number of hydrogen-bond acceptors (Lipinski definition) is 4. The maximum atomic E-state index is 13.2. The molecule has 1 amide bonds. The maximum Gasteiger partial charge on any atom is 0.277 e. The Hall–Kier alpha value is -3.64. The van der Waals surface area contributed by atoms with Crippen molar-refractivity contribution in [1.82, 2.24) is 10.2 Å². The average molecular weight is 487 g/mol. The molecule has 6 heteroatoms. The normalized spacial score (nSPS) is 15.5. The molecule has 1 aliphatic heterocycles. The zero-order chi connectivity index (χ0) is 24.9. The van der Waals surface area contributed by atoms with E-state index in [2.05, 4.69) is 31.3 Å². The molecule has 0 radical (unpaired) electrons. The van der Waals surface area contributed by atoms with Crippen molar-refractivity contribution in [2.24, 2.45) is 0 Å². The van der Waals surface area contributed by atoms with E-state index in [1.54, 1.807) is 12.0 Å². The van der Waals surface area contributed by atoms with Gasteiger partial charge in [0.25, 0.3) is 5.91 Å². The Bertz CT molecular complexity index is 1240. The number of hydrogen-bond donors (Lipinski definition) is 1. The molecule has 3 aromatic rings. The van der Waals surface area contributed by atoms with Crippen LogP contribution in [0.2, 0.25) is 0 Å². The monoisotopic (exact) mass is 486 g/mol. The van der Waals surface area contributed by atoms with Crippen molar-refractivity contribution in [1.29, 1.82) is 0 Å². The van der Waals surface area contributed by atoms with Crippen molar-refractivity contribution in [2.45, 2.75) is 39.3 Å². The molecule has 1 saturated heterocycles. The number of rotatable bonds is 8. The fourth-order valence-electron chi connectivity index (χ4n) is 4.06. The number of carbonyl (C=O) groups excluding carboxylic acids is 1. The van der Waals surface area contributed by atoms with Gasteiger partial charge >= 0.3 is 0 Å². The summed E-state index contributed by atoms with van der Waals surface area (Å²) in [6.45, 7) is 6.65. The fraction of sp³-hybridized carbons (Fsp3) is 0.241. The highest BCUT2D eigenvalue weighted by atomic mass is 32.1. The molecular weight excluding hydrogens is 456 g/mol. The van der Waals surface area contributed by atoms with Gasteiger partial charge in [0.15, 0.2) is 5.11 Å². The van der Waals surface area contributed by atoms with Crippen LogP contribution in [0.4, 0.5) is 0 Å². The SMILES string of the molecule is COc1ccc(/C=C2\NC(=S)N(C(C)c3ccccc3)C2=O)cc1COc1ccc(C(C)C)cc1. The number of thiocarbonyl (C=S) groups is 1. The minimum atomic E-state index is -0.170. The van der Waals surface area contributed by atoms with Crippen LogP contribution in [0.15, 0.2) is 78.5 Å². The third-order valence-electron chi connectivity index (χ3n) is 6.14. The Morgan fingerprint density at radius 1 is 0.971 bits per heavy atom. The van der Waals surface area contributed by atoms with Crippen molar-refractivity contribution < 1.29 is 14.3 Å². The van der Waals surface area contributed by atoms with Crippen LogP contribution in [0.25, 0.3) is 6.08 Å². The van der Waals surface area contributed by atoms with E-state index in [1.807, 2.05) is 73.7 Å².